The van der Waals surface area contributed by atoms with Crippen LogP contribution in [-0.4, -0.2) is 37.7 Å². The number of carboxylic acid groups (broad SMARTS) is 1. The lowest BCUT2D eigenvalue weighted by molar-refractivity contribution is -0.139. The zero-order valence-electron chi connectivity index (χ0n) is 12.5. The van der Waals surface area contributed by atoms with Gasteiger partial charge in [-0.15, -0.1) is 0 Å². The van der Waals surface area contributed by atoms with Crippen LogP contribution in [0.1, 0.15) is 35.2 Å². The molecule has 1 aromatic carbocycles. The predicted octanol–water partition coefficient (Wildman–Crippen LogP) is 1.38. The molecule has 0 spiro atoms. The highest BCUT2D eigenvalue weighted by Gasteiger charge is 2.30. The molecule has 0 heterocycles. The number of carboxylic acids is 1. The van der Waals surface area contributed by atoms with Crippen LogP contribution in [0, 0.1) is 12.8 Å². The van der Waals surface area contributed by atoms with Gasteiger partial charge in [0, 0.05) is 11.8 Å². The summed E-state index contributed by atoms with van der Waals surface area (Å²) in [4.78, 5) is 23.6. The standard InChI is InChI=1S/C15H19NO5S/c1-9-3-6-11(22(2,20)21)8-12(9)14(17)16-13(15(18)19)7-10-4-5-10/h3,6,8,10,13H,4-5,7H2,1-2H3,(H,16,17)(H,18,19). The summed E-state index contributed by atoms with van der Waals surface area (Å²) in [6.07, 6.45) is 3.45. The fourth-order valence-corrected chi connectivity index (χ4v) is 2.87. The summed E-state index contributed by atoms with van der Waals surface area (Å²) in [5.74, 6) is -1.28. The van der Waals surface area contributed by atoms with Gasteiger partial charge in [0.05, 0.1) is 4.90 Å². The van der Waals surface area contributed by atoms with Crippen molar-refractivity contribution in [3.05, 3.63) is 29.3 Å². The molecule has 0 bridgehead atoms. The van der Waals surface area contributed by atoms with E-state index in [4.69, 9.17) is 0 Å². The molecule has 7 heteroatoms. The van der Waals surface area contributed by atoms with Gasteiger partial charge in [-0.05, 0) is 37.0 Å². The minimum absolute atomic E-state index is 0.0392. The Bertz CT molecular complexity index is 707. The van der Waals surface area contributed by atoms with Gasteiger partial charge in [0.1, 0.15) is 6.04 Å². The number of amides is 1. The number of hydrogen-bond donors (Lipinski definition) is 2. The summed E-state index contributed by atoms with van der Waals surface area (Å²) in [5, 5.41) is 11.7. The molecule has 0 aliphatic heterocycles. The Kier molecular flexibility index (Phi) is 4.55. The Morgan fingerprint density at radius 3 is 2.50 bits per heavy atom. The molecule has 1 aromatic rings. The van der Waals surface area contributed by atoms with Crippen LogP contribution in [0.2, 0.25) is 0 Å². The second kappa shape index (κ2) is 6.08. The van der Waals surface area contributed by atoms with E-state index in [1.165, 1.54) is 12.1 Å². The number of sulfone groups is 1. The Labute approximate surface area is 129 Å². The smallest absolute Gasteiger partial charge is 0.326 e. The Balaban J connectivity index is 2.22. The average Bonchev–Trinajstić information content (AvgIpc) is 3.20. The first-order valence-electron chi connectivity index (χ1n) is 7.03. The predicted molar refractivity (Wildman–Crippen MR) is 80.5 cm³/mol. The monoisotopic (exact) mass is 325 g/mol. The number of nitrogens with one attached hydrogen (secondary N) is 1. The van der Waals surface area contributed by atoms with E-state index in [1.54, 1.807) is 13.0 Å². The van der Waals surface area contributed by atoms with Crippen molar-refractivity contribution in [2.45, 2.75) is 37.1 Å². The third-order valence-electron chi connectivity index (χ3n) is 3.75. The quantitative estimate of drug-likeness (QED) is 0.823. The molecule has 2 N–H and O–H groups in total. The molecule has 0 radical (unpaired) electrons. The maximum atomic E-state index is 12.3. The minimum Gasteiger partial charge on any atom is -0.480 e. The zero-order chi connectivity index (χ0) is 16.5. The van der Waals surface area contributed by atoms with E-state index < -0.39 is 27.8 Å². The normalized spacial score (nSPS) is 16.1. The highest BCUT2D eigenvalue weighted by molar-refractivity contribution is 7.90. The summed E-state index contributed by atoms with van der Waals surface area (Å²) in [7, 11) is -3.43. The van der Waals surface area contributed by atoms with Gasteiger partial charge in [-0.2, -0.15) is 0 Å². The van der Waals surface area contributed by atoms with Gasteiger partial charge in [0.15, 0.2) is 9.84 Å². The molecule has 6 nitrogen and oxygen atoms in total. The highest BCUT2D eigenvalue weighted by Crippen LogP contribution is 2.33. The maximum absolute atomic E-state index is 12.3. The number of benzene rings is 1. The van der Waals surface area contributed by atoms with E-state index in [-0.39, 0.29) is 10.5 Å². The molecular weight excluding hydrogens is 306 g/mol. The average molecular weight is 325 g/mol. The van der Waals surface area contributed by atoms with Crippen molar-refractivity contribution in [3.8, 4) is 0 Å². The van der Waals surface area contributed by atoms with E-state index in [0.717, 1.165) is 19.1 Å². The number of aliphatic carboxylic acids is 1. The molecular formula is C15H19NO5S. The largest absolute Gasteiger partial charge is 0.480 e. The maximum Gasteiger partial charge on any atom is 0.326 e. The lowest BCUT2D eigenvalue weighted by atomic mass is 10.1. The molecule has 120 valence electrons. The van der Waals surface area contributed by atoms with Crippen molar-refractivity contribution in [3.63, 3.8) is 0 Å². The van der Waals surface area contributed by atoms with E-state index in [2.05, 4.69) is 5.32 Å². The lowest BCUT2D eigenvalue weighted by Gasteiger charge is -2.15. The number of aryl methyl sites for hydroxylation is 1. The Hall–Kier alpha value is -1.89. The summed E-state index contributed by atoms with van der Waals surface area (Å²) in [5.41, 5.74) is 0.783. The number of carbonyl (C=O) groups excluding carboxylic acids is 1. The van der Waals surface area contributed by atoms with Crippen molar-refractivity contribution in [2.24, 2.45) is 5.92 Å². The summed E-state index contributed by atoms with van der Waals surface area (Å²) in [6.45, 7) is 1.68. The van der Waals surface area contributed by atoms with Crippen LogP contribution < -0.4 is 5.32 Å². The lowest BCUT2D eigenvalue weighted by Crippen LogP contribution is -2.41. The van der Waals surface area contributed by atoms with Gasteiger partial charge in [0.2, 0.25) is 0 Å². The van der Waals surface area contributed by atoms with Crippen molar-refractivity contribution < 1.29 is 23.1 Å². The zero-order valence-corrected chi connectivity index (χ0v) is 13.3. The number of rotatable bonds is 6. The van der Waals surface area contributed by atoms with Crippen molar-refractivity contribution >= 4 is 21.7 Å². The topological polar surface area (TPSA) is 101 Å². The van der Waals surface area contributed by atoms with Gasteiger partial charge in [-0.3, -0.25) is 4.79 Å². The first-order valence-corrected chi connectivity index (χ1v) is 8.92. The molecule has 1 atom stereocenters. The molecule has 1 amide bonds. The molecule has 1 unspecified atom stereocenters. The molecule has 1 aliphatic rings. The van der Waals surface area contributed by atoms with Crippen LogP contribution in [0.5, 0.6) is 0 Å². The summed E-state index contributed by atoms with van der Waals surface area (Å²) in [6, 6.07) is 3.32. The molecule has 1 saturated carbocycles. The third-order valence-corrected chi connectivity index (χ3v) is 4.86. The Morgan fingerprint density at radius 2 is 2.00 bits per heavy atom. The van der Waals surface area contributed by atoms with Crippen LogP contribution in [-0.2, 0) is 14.6 Å². The van der Waals surface area contributed by atoms with Crippen LogP contribution in [0.15, 0.2) is 23.1 Å². The van der Waals surface area contributed by atoms with E-state index in [1.807, 2.05) is 0 Å². The Morgan fingerprint density at radius 1 is 1.36 bits per heavy atom. The fourth-order valence-electron chi connectivity index (χ4n) is 2.22. The second-order valence-corrected chi connectivity index (χ2v) is 7.81. The molecule has 0 saturated heterocycles. The van der Waals surface area contributed by atoms with Gasteiger partial charge in [-0.1, -0.05) is 18.9 Å². The second-order valence-electron chi connectivity index (χ2n) is 5.79. The van der Waals surface area contributed by atoms with Gasteiger partial charge in [0.25, 0.3) is 5.91 Å². The van der Waals surface area contributed by atoms with Gasteiger partial charge >= 0.3 is 5.97 Å². The molecule has 1 fully saturated rings. The number of hydrogen-bond acceptors (Lipinski definition) is 4. The molecule has 22 heavy (non-hydrogen) atoms. The van der Waals surface area contributed by atoms with Crippen molar-refractivity contribution in [2.75, 3.05) is 6.26 Å². The van der Waals surface area contributed by atoms with Crippen molar-refractivity contribution in [1.29, 1.82) is 0 Å². The van der Waals surface area contributed by atoms with E-state index in [0.29, 0.717) is 17.9 Å². The minimum atomic E-state index is -3.43. The molecule has 1 aliphatic carbocycles. The van der Waals surface area contributed by atoms with Gasteiger partial charge in [-0.25, -0.2) is 13.2 Å². The SMILES string of the molecule is Cc1ccc(S(C)(=O)=O)cc1C(=O)NC(CC1CC1)C(=O)O. The first kappa shape index (κ1) is 16.5. The summed E-state index contributed by atoms with van der Waals surface area (Å²) < 4.78 is 23.2. The highest BCUT2D eigenvalue weighted by atomic mass is 32.2. The van der Waals surface area contributed by atoms with Crippen LogP contribution in [0.4, 0.5) is 0 Å². The first-order chi connectivity index (χ1) is 10.2. The number of carbonyl (C=O) groups is 2. The van der Waals surface area contributed by atoms with E-state index >= 15 is 0 Å². The summed E-state index contributed by atoms with van der Waals surface area (Å²) >= 11 is 0. The van der Waals surface area contributed by atoms with Crippen LogP contribution in [0.25, 0.3) is 0 Å². The van der Waals surface area contributed by atoms with Crippen molar-refractivity contribution in [1.82, 2.24) is 5.32 Å². The molecule has 2 rings (SSSR count). The van der Waals surface area contributed by atoms with Gasteiger partial charge < -0.3 is 10.4 Å². The van der Waals surface area contributed by atoms with Crippen LogP contribution >= 0.6 is 0 Å². The van der Waals surface area contributed by atoms with Crippen LogP contribution in [0.3, 0.4) is 0 Å². The third kappa shape index (κ3) is 4.07. The van der Waals surface area contributed by atoms with E-state index in [9.17, 15) is 23.1 Å². The fraction of sp³-hybridized carbons (Fsp3) is 0.467. The molecule has 0 aromatic heterocycles.